The molecule has 2 aliphatic rings. The molecule has 0 unspecified atom stereocenters. The predicted octanol–water partition coefficient (Wildman–Crippen LogP) is 2.05. The van der Waals surface area contributed by atoms with Gasteiger partial charge in [0.15, 0.2) is 0 Å². The smallest absolute Gasteiger partial charge is 0.0984 e. The molecule has 0 saturated carbocycles. The predicted molar refractivity (Wildman–Crippen MR) is 59.8 cm³/mol. The summed E-state index contributed by atoms with van der Waals surface area (Å²) in [5.74, 6) is 0. The maximum absolute atomic E-state index is 6.09. The number of fused-ring (bicyclic) bond motifs is 4. The van der Waals surface area contributed by atoms with Gasteiger partial charge in [-0.05, 0) is 37.4 Å². The van der Waals surface area contributed by atoms with E-state index in [-0.39, 0.29) is 6.10 Å². The normalized spacial score (nSPS) is 33.5. The summed E-state index contributed by atoms with van der Waals surface area (Å²) in [5, 5.41) is 3.38. The Kier molecular flexibility index (Phi) is 2.26. The zero-order chi connectivity index (χ0) is 10.3. The SMILES string of the molecule is CN[C@@H]1CC[C@@H]2Cc3ccccc3[C@H]1O2. The summed E-state index contributed by atoms with van der Waals surface area (Å²) in [6, 6.07) is 9.20. The summed E-state index contributed by atoms with van der Waals surface area (Å²) in [7, 11) is 2.03. The van der Waals surface area contributed by atoms with Gasteiger partial charge in [-0.2, -0.15) is 0 Å². The molecule has 2 heterocycles. The lowest BCUT2D eigenvalue weighted by Crippen LogP contribution is -2.44. The van der Waals surface area contributed by atoms with Crippen molar-refractivity contribution in [2.45, 2.75) is 37.5 Å². The Morgan fingerprint density at radius 3 is 3.00 bits per heavy atom. The third-order valence-corrected chi connectivity index (χ3v) is 3.68. The zero-order valence-electron chi connectivity index (χ0n) is 9.07. The van der Waals surface area contributed by atoms with Gasteiger partial charge in [-0.1, -0.05) is 24.3 Å². The Labute approximate surface area is 90.6 Å². The van der Waals surface area contributed by atoms with Crippen molar-refractivity contribution in [3.63, 3.8) is 0 Å². The zero-order valence-corrected chi connectivity index (χ0v) is 9.07. The fourth-order valence-electron chi connectivity index (χ4n) is 2.87. The van der Waals surface area contributed by atoms with Crippen molar-refractivity contribution >= 4 is 0 Å². The second-order valence-electron chi connectivity index (χ2n) is 4.55. The largest absolute Gasteiger partial charge is 0.368 e. The Hall–Kier alpha value is -0.860. The van der Waals surface area contributed by atoms with Crippen molar-refractivity contribution in [1.29, 1.82) is 0 Å². The van der Waals surface area contributed by atoms with Gasteiger partial charge in [0.2, 0.25) is 0 Å². The van der Waals surface area contributed by atoms with Crippen molar-refractivity contribution in [3.05, 3.63) is 35.4 Å². The Morgan fingerprint density at radius 2 is 2.13 bits per heavy atom. The summed E-state index contributed by atoms with van der Waals surface area (Å²) in [6.45, 7) is 0. The highest BCUT2D eigenvalue weighted by atomic mass is 16.5. The summed E-state index contributed by atoms with van der Waals surface area (Å²) in [6.07, 6.45) is 4.26. The average molecular weight is 203 g/mol. The third-order valence-electron chi connectivity index (χ3n) is 3.68. The molecule has 0 radical (unpaired) electrons. The minimum atomic E-state index is 0.277. The lowest BCUT2D eigenvalue weighted by molar-refractivity contribution is -0.0793. The van der Waals surface area contributed by atoms with Gasteiger partial charge in [0, 0.05) is 6.04 Å². The molecule has 3 rings (SSSR count). The number of benzene rings is 1. The van der Waals surface area contributed by atoms with Crippen LogP contribution in [0.4, 0.5) is 0 Å². The van der Waals surface area contributed by atoms with E-state index in [1.165, 1.54) is 24.0 Å². The molecule has 2 heteroatoms. The molecule has 80 valence electrons. The van der Waals surface area contributed by atoms with Crippen LogP contribution in [0.1, 0.15) is 30.1 Å². The van der Waals surface area contributed by atoms with Crippen LogP contribution in [0.5, 0.6) is 0 Å². The van der Waals surface area contributed by atoms with Crippen molar-refractivity contribution in [2.75, 3.05) is 7.05 Å². The van der Waals surface area contributed by atoms with Gasteiger partial charge in [-0.25, -0.2) is 0 Å². The molecule has 2 aliphatic heterocycles. The number of ether oxygens (including phenoxy) is 1. The molecule has 0 amide bonds. The van der Waals surface area contributed by atoms with E-state index in [9.17, 15) is 0 Å². The first-order valence-electron chi connectivity index (χ1n) is 5.79. The first-order chi connectivity index (χ1) is 7.38. The molecule has 1 fully saturated rings. The van der Waals surface area contributed by atoms with Crippen LogP contribution >= 0.6 is 0 Å². The number of likely N-dealkylation sites (N-methyl/N-ethyl adjacent to an activating group) is 1. The first kappa shape index (κ1) is 9.37. The van der Waals surface area contributed by atoms with Gasteiger partial charge in [-0.15, -0.1) is 0 Å². The van der Waals surface area contributed by atoms with E-state index in [1.54, 1.807) is 0 Å². The summed E-state index contributed by atoms with van der Waals surface area (Å²) in [5.41, 5.74) is 2.88. The van der Waals surface area contributed by atoms with Gasteiger partial charge < -0.3 is 10.1 Å². The number of nitrogens with one attached hydrogen (secondary N) is 1. The average Bonchev–Trinajstić information content (AvgIpc) is 2.30. The molecule has 2 bridgehead atoms. The highest BCUT2D eigenvalue weighted by Gasteiger charge is 2.36. The topological polar surface area (TPSA) is 21.3 Å². The summed E-state index contributed by atoms with van der Waals surface area (Å²) < 4.78 is 6.09. The summed E-state index contributed by atoms with van der Waals surface area (Å²) >= 11 is 0. The van der Waals surface area contributed by atoms with Gasteiger partial charge >= 0.3 is 0 Å². The van der Waals surface area contributed by atoms with Crippen molar-refractivity contribution < 1.29 is 4.74 Å². The van der Waals surface area contributed by atoms with E-state index in [1.807, 2.05) is 7.05 Å². The quantitative estimate of drug-likeness (QED) is 0.754. The molecule has 1 aromatic carbocycles. The second kappa shape index (κ2) is 3.62. The molecule has 1 saturated heterocycles. The minimum Gasteiger partial charge on any atom is -0.368 e. The maximum Gasteiger partial charge on any atom is 0.0984 e. The minimum absolute atomic E-state index is 0.277. The lowest BCUT2D eigenvalue weighted by Gasteiger charge is -2.41. The Bertz CT molecular complexity index is 363. The highest BCUT2D eigenvalue weighted by Crippen LogP contribution is 2.39. The van der Waals surface area contributed by atoms with Crippen LogP contribution in [0, 0.1) is 0 Å². The second-order valence-corrected chi connectivity index (χ2v) is 4.55. The number of hydrogen-bond acceptors (Lipinski definition) is 2. The number of hydrogen-bond donors (Lipinski definition) is 1. The van der Waals surface area contributed by atoms with E-state index in [2.05, 4.69) is 29.6 Å². The van der Waals surface area contributed by atoms with Gasteiger partial charge in [0.1, 0.15) is 0 Å². The molecule has 1 N–H and O–H groups in total. The van der Waals surface area contributed by atoms with Crippen LogP contribution in [0.25, 0.3) is 0 Å². The van der Waals surface area contributed by atoms with Crippen LogP contribution in [0.2, 0.25) is 0 Å². The molecular weight excluding hydrogens is 186 g/mol. The molecule has 2 nitrogen and oxygen atoms in total. The fraction of sp³-hybridized carbons (Fsp3) is 0.538. The van der Waals surface area contributed by atoms with E-state index < -0.39 is 0 Å². The molecule has 1 aromatic rings. The van der Waals surface area contributed by atoms with Gasteiger partial charge in [-0.3, -0.25) is 0 Å². The molecule has 0 spiro atoms. The molecular formula is C13H17NO. The molecule has 0 aromatic heterocycles. The van der Waals surface area contributed by atoms with Gasteiger partial charge in [0.25, 0.3) is 0 Å². The third kappa shape index (κ3) is 1.48. The van der Waals surface area contributed by atoms with Crippen molar-refractivity contribution in [1.82, 2.24) is 5.32 Å². The summed E-state index contributed by atoms with van der Waals surface area (Å²) in [4.78, 5) is 0. The monoisotopic (exact) mass is 203 g/mol. The standard InChI is InChI=1S/C13H17NO/c1-14-12-7-6-10-8-9-4-2-3-5-11(9)13(12)15-10/h2-5,10,12-14H,6-8H2,1H3/t10-,12-,13-/m1/s1. The van der Waals surface area contributed by atoms with Crippen LogP contribution in [-0.4, -0.2) is 19.2 Å². The van der Waals surface area contributed by atoms with Crippen LogP contribution in [0.15, 0.2) is 24.3 Å². The van der Waals surface area contributed by atoms with Crippen LogP contribution < -0.4 is 5.32 Å². The fourth-order valence-corrected chi connectivity index (χ4v) is 2.87. The highest BCUT2D eigenvalue weighted by molar-refractivity contribution is 5.33. The molecule has 3 atom stereocenters. The van der Waals surface area contributed by atoms with Crippen LogP contribution in [0.3, 0.4) is 0 Å². The van der Waals surface area contributed by atoms with Crippen molar-refractivity contribution in [2.24, 2.45) is 0 Å². The van der Waals surface area contributed by atoms with Gasteiger partial charge in [0.05, 0.1) is 12.2 Å². The Morgan fingerprint density at radius 1 is 1.27 bits per heavy atom. The first-order valence-corrected chi connectivity index (χ1v) is 5.79. The van der Waals surface area contributed by atoms with E-state index in [0.717, 1.165) is 6.42 Å². The van der Waals surface area contributed by atoms with Crippen molar-refractivity contribution in [3.8, 4) is 0 Å². The van der Waals surface area contributed by atoms with E-state index in [0.29, 0.717) is 12.1 Å². The number of rotatable bonds is 1. The lowest BCUT2D eigenvalue weighted by atomic mass is 9.83. The van der Waals surface area contributed by atoms with E-state index in [4.69, 9.17) is 4.74 Å². The molecule has 15 heavy (non-hydrogen) atoms. The maximum atomic E-state index is 6.09. The Balaban J connectivity index is 2.01. The van der Waals surface area contributed by atoms with E-state index >= 15 is 0 Å². The molecule has 0 aliphatic carbocycles. The van der Waals surface area contributed by atoms with Crippen LogP contribution in [-0.2, 0) is 11.2 Å².